The van der Waals surface area contributed by atoms with Crippen molar-refractivity contribution >= 4 is 42.4 Å². The van der Waals surface area contributed by atoms with E-state index >= 15 is 0 Å². The molecule has 0 atom stereocenters. The number of para-hydroxylation sites is 1. The lowest BCUT2D eigenvalue weighted by Gasteiger charge is -2.02. The summed E-state index contributed by atoms with van der Waals surface area (Å²) in [5.41, 5.74) is -0.272. The van der Waals surface area contributed by atoms with E-state index in [1.807, 2.05) is 0 Å². The molecule has 0 bridgehead atoms. The Balaban J connectivity index is 2.45. The molecule has 0 saturated heterocycles. The molecule has 2 nitrogen and oxygen atoms in total. The number of thiophene rings is 1. The standard InChI is InChI=1S/C15H7F2NOS/c16-8-4-2-6-10-12(8)11-7-3-1-5-9(17)13(7)18-15(19)14(11)20-10/h1-6H,(H,18,19). The second-order valence-corrected chi connectivity index (χ2v) is 5.59. The van der Waals surface area contributed by atoms with E-state index in [2.05, 4.69) is 4.98 Å². The molecular formula is C15H7F2NOS. The van der Waals surface area contributed by atoms with Gasteiger partial charge in [0.2, 0.25) is 0 Å². The highest BCUT2D eigenvalue weighted by molar-refractivity contribution is 7.26. The molecule has 4 aromatic rings. The van der Waals surface area contributed by atoms with Gasteiger partial charge >= 0.3 is 0 Å². The summed E-state index contributed by atoms with van der Waals surface area (Å²) >= 11 is 1.22. The topological polar surface area (TPSA) is 32.9 Å². The molecule has 0 radical (unpaired) electrons. The fourth-order valence-electron chi connectivity index (χ4n) is 2.55. The Bertz CT molecular complexity index is 1050. The van der Waals surface area contributed by atoms with Crippen molar-refractivity contribution in [3.8, 4) is 0 Å². The summed E-state index contributed by atoms with van der Waals surface area (Å²) in [4.78, 5) is 14.6. The van der Waals surface area contributed by atoms with Crippen LogP contribution in [0.2, 0.25) is 0 Å². The summed E-state index contributed by atoms with van der Waals surface area (Å²) in [5.74, 6) is -0.915. The van der Waals surface area contributed by atoms with Crippen molar-refractivity contribution in [2.24, 2.45) is 0 Å². The molecule has 2 heterocycles. The molecule has 0 fully saturated rings. The number of hydrogen-bond donors (Lipinski definition) is 1. The minimum atomic E-state index is -0.516. The SMILES string of the molecule is O=c1[nH]c2c(F)cccc2c2c1sc1cccc(F)c12. The smallest absolute Gasteiger partial charge is 0.266 e. The fourth-order valence-corrected chi connectivity index (χ4v) is 3.68. The third-order valence-corrected chi connectivity index (χ3v) is 4.55. The maximum atomic E-state index is 14.1. The van der Waals surface area contributed by atoms with Crippen LogP contribution < -0.4 is 5.56 Å². The summed E-state index contributed by atoms with van der Waals surface area (Å²) in [7, 11) is 0. The van der Waals surface area contributed by atoms with Crippen LogP contribution in [0.25, 0.3) is 31.1 Å². The summed E-state index contributed by atoms with van der Waals surface area (Å²) in [5, 5.41) is 1.39. The van der Waals surface area contributed by atoms with Crippen LogP contribution in [0.3, 0.4) is 0 Å². The summed E-state index contributed by atoms with van der Waals surface area (Å²) in [6.45, 7) is 0. The molecule has 0 aliphatic heterocycles. The number of fused-ring (bicyclic) bond motifs is 5. The predicted octanol–water partition coefficient (Wildman–Crippen LogP) is 4.17. The van der Waals surface area contributed by atoms with Crippen LogP contribution in [-0.2, 0) is 0 Å². The van der Waals surface area contributed by atoms with E-state index in [9.17, 15) is 13.6 Å². The van der Waals surface area contributed by atoms with Crippen LogP contribution in [0, 0.1) is 11.6 Å². The van der Waals surface area contributed by atoms with Crippen LogP contribution in [0.15, 0.2) is 41.2 Å². The molecule has 0 amide bonds. The Morgan fingerprint density at radius 2 is 1.70 bits per heavy atom. The van der Waals surface area contributed by atoms with Gasteiger partial charge in [0, 0.05) is 20.9 Å². The summed E-state index contributed by atoms with van der Waals surface area (Å²) in [6.07, 6.45) is 0. The number of hydrogen-bond acceptors (Lipinski definition) is 2. The molecule has 4 rings (SSSR count). The van der Waals surface area contributed by atoms with Crippen LogP contribution >= 0.6 is 11.3 Å². The molecule has 0 unspecified atom stereocenters. The van der Waals surface area contributed by atoms with Gasteiger partial charge in [-0.3, -0.25) is 4.79 Å². The molecule has 2 aromatic carbocycles. The lowest BCUT2D eigenvalue weighted by atomic mass is 10.1. The molecule has 0 aliphatic carbocycles. The molecule has 1 N–H and O–H groups in total. The zero-order valence-electron chi connectivity index (χ0n) is 10.0. The molecule has 20 heavy (non-hydrogen) atoms. The number of aromatic nitrogens is 1. The van der Waals surface area contributed by atoms with Crippen LogP contribution in [0.5, 0.6) is 0 Å². The fraction of sp³-hybridized carbons (Fsp3) is 0. The van der Waals surface area contributed by atoms with Crippen LogP contribution in [0.1, 0.15) is 0 Å². The molecular weight excluding hydrogens is 280 g/mol. The van der Waals surface area contributed by atoms with Crippen molar-refractivity contribution in [1.82, 2.24) is 4.98 Å². The third kappa shape index (κ3) is 1.38. The van der Waals surface area contributed by atoms with E-state index in [0.29, 0.717) is 25.6 Å². The lowest BCUT2D eigenvalue weighted by molar-refractivity contribution is 0.636. The highest BCUT2D eigenvalue weighted by Crippen LogP contribution is 2.37. The Labute approximate surface area is 115 Å². The third-order valence-electron chi connectivity index (χ3n) is 3.39. The molecule has 0 spiro atoms. The van der Waals surface area contributed by atoms with Gasteiger partial charge < -0.3 is 4.98 Å². The first-order chi connectivity index (χ1) is 9.66. The van der Waals surface area contributed by atoms with Crippen molar-refractivity contribution in [1.29, 1.82) is 0 Å². The van der Waals surface area contributed by atoms with Gasteiger partial charge in [0.05, 0.1) is 5.52 Å². The van der Waals surface area contributed by atoms with Gasteiger partial charge in [-0.2, -0.15) is 0 Å². The molecule has 0 saturated carbocycles. The van der Waals surface area contributed by atoms with Crippen LogP contribution in [-0.4, -0.2) is 4.98 Å². The maximum absolute atomic E-state index is 14.1. The van der Waals surface area contributed by atoms with Gasteiger partial charge in [0.25, 0.3) is 5.56 Å². The van der Waals surface area contributed by atoms with Crippen molar-refractivity contribution in [2.75, 3.05) is 0 Å². The van der Waals surface area contributed by atoms with Crippen molar-refractivity contribution in [3.63, 3.8) is 0 Å². The predicted molar refractivity (Wildman–Crippen MR) is 77.4 cm³/mol. The van der Waals surface area contributed by atoms with Crippen molar-refractivity contribution in [3.05, 3.63) is 58.4 Å². The second-order valence-electron chi connectivity index (χ2n) is 4.54. The van der Waals surface area contributed by atoms with E-state index in [4.69, 9.17) is 0 Å². The Kier molecular flexibility index (Phi) is 2.23. The molecule has 2 aromatic heterocycles. The number of halogens is 2. The monoisotopic (exact) mass is 287 g/mol. The Hall–Kier alpha value is -2.27. The zero-order chi connectivity index (χ0) is 13.9. The minimum absolute atomic E-state index is 0.118. The second kappa shape index (κ2) is 3.86. The normalized spacial score (nSPS) is 11.7. The first-order valence-corrected chi connectivity index (χ1v) is 6.79. The average molecular weight is 287 g/mol. The number of H-pyrrole nitrogens is 1. The number of benzene rings is 2. The number of nitrogens with one attached hydrogen (secondary N) is 1. The lowest BCUT2D eigenvalue weighted by Crippen LogP contribution is -2.05. The van der Waals surface area contributed by atoms with Gasteiger partial charge in [-0.15, -0.1) is 11.3 Å². The molecule has 0 aliphatic rings. The highest BCUT2D eigenvalue weighted by atomic mass is 32.1. The van der Waals surface area contributed by atoms with Crippen molar-refractivity contribution in [2.45, 2.75) is 0 Å². The number of pyridine rings is 1. The first kappa shape index (κ1) is 11.5. The van der Waals surface area contributed by atoms with Gasteiger partial charge in [0.15, 0.2) is 0 Å². The van der Waals surface area contributed by atoms with E-state index in [0.717, 1.165) is 0 Å². The Morgan fingerprint density at radius 1 is 0.950 bits per heavy atom. The Morgan fingerprint density at radius 3 is 2.55 bits per heavy atom. The van der Waals surface area contributed by atoms with E-state index in [1.165, 1.54) is 23.5 Å². The number of aromatic amines is 1. The zero-order valence-corrected chi connectivity index (χ0v) is 10.9. The average Bonchev–Trinajstić information content (AvgIpc) is 2.82. The molecule has 98 valence electrons. The first-order valence-electron chi connectivity index (χ1n) is 5.98. The van der Waals surface area contributed by atoms with Gasteiger partial charge in [-0.05, 0) is 18.2 Å². The van der Waals surface area contributed by atoms with Gasteiger partial charge in [-0.25, -0.2) is 8.78 Å². The van der Waals surface area contributed by atoms with Gasteiger partial charge in [0.1, 0.15) is 16.3 Å². The maximum Gasteiger partial charge on any atom is 0.266 e. The quantitative estimate of drug-likeness (QED) is 0.517. The van der Waals surface area contributed by atoms with E-state index in [1.54, 1.807) is 24.3 Å². The van der Waals surface area contributed by atoms with Crippen LogP contribution in [0.4, 0.5) is 8.78 Å². The summed E-state index contributed by atoms with van der Waals surface area (Å²) < 4.78 is 29.1. The largest absolute Gasteiger partial charge is 0.318 e. The minimum Gasteiger partial charge on any atom is -0.318 e. The number of rotatable bonds is 0. The van der Waals surface area contributed by atoms with Gasteiger partial charge in [-0.1, -0.05) is 18.2 Å². The van der Waals surface area contributed by atoms with Crippen molar-refractivity contribution < 1.29 is 8.78 Å². The molecule has 5 heteroatoms. The van der Waals surface area contributed by atoms with E-state index in [-0.39, 0.29) is 5.52 Å². The van der Waals surface area contributed by atoms with E-state index < -0.39 is 17.2 Å². The summed E-state index contributed by atoms with van der Waals surface area (Å²) in [6, 6.07) is 9.22. The highest BCUT2D eigenvalue weighted by Gasteiger charge is 2.16.